The number of rotatable bonds is 6. The summed E-state index contributed by atoms with van der Waals surface area (Å²) < 4.78 is 10.3. The Bertz CT molecular complexity index is 887. The number of esters is 2. The average Bonchev–Trinajstić information content (AvgIpc) is 2.65. The summed E-state index contributed by atoms with van der Waals surface area (Å²) in [6, 6.07) is 3.92. The Morgan fingerprint density at radius 3 is 2.48 bits per heavy atom. The Labute approximate surface area is 188 Å². The van der Waals surface area contributed by atoms with E-state index < -0.39 is 5.97 Å². The van der Waals surface area contributed by atoms with Crippen LogP contribution in [0.2, 0.25) is 0 Å². The number of amides is 1. The van der Waals surface area contributed by atoms with Gasteiger partial charge in [0.15, 0.2) is 0 Å². The van der Waals surface area contributed by atoms with E-state index in [9.17, 15) is 14.4 Å². The predicted molar refractivity (Wildman–Crippen MR) is 123 cm³/mol. The molecule has 1 aromatic rings. The van der Waals surface area contributed by atoms with Crippen molar-refractivity contribution in [3.05, 3.63) is 33.7 Å². The second kappa shape index (κ2) is 10.3. The molecule has 2 rings (SSSR count). The van der Waals surface area contributed by atoms with Crippen molar-refractivity contribution in [1.82, 2.24) is 9.80 Å². The van der Waals surface area contributed by atoms with E-state index in [0.717, 1.165) is 16.7 Å². The maximum atomic E-state index is 12.9. The number of methoxy groups -OCH3 is 1. The lowest BCUT2D eigenvalue weighted by molar-refractivity contribution is -0.145. The summed E-state index contributed by atoms with van der Waals surface area (Å²) in [5.41, 5.74) is 2.35. The smallest absolute Gasteiger partial charge is 0.325 e. The van der Waals surface area contributed by atoms with Gasteiger partial charge in [-0.25, -0.2) is 0 Å². The van der Waals surface area contributed by atoms with Crippen LogP contribution in [0.1, 0.15) is 44.4 Å². The molecule has 0 N–H and O–H groups in total. The van der Waals surface area contributed by atoms with Crippen molar-refractivity contribution in [3.8, 4) is 5.75 Å². The third-order valence-electron chi connectivity index (χ3n) is 4.69. The summed E-state index contributed by atoms with van der Waals surface area (Å²) >= 11 is 1.47. The van der Waals surface area contributed by atoms with E-state index in [1.807, 2.05) is 37.2 Å². The molecule has 1 aliphatic heterocycles. The van der Waals surface area contributed by atoms with Crippen LogP contribution in [0.3, 0.4) is 0 Å². The number of carbonyl (C=O) groups is 3. The molecule has 8 heteroatoms. The fraction of sp³-hybridized carbons (Fsp3) is 0.522. The minimum absolute atomic E-state index is 0.0578. The first-order chi connectivity index (χ1) is 14.4. The lowest BCUT2D eigenvalue weighted by Crippen LogP contribution is -2.40. The highest BCUT2D eigenvalue weighted by atomic mass is 32.2. The number of hydrogen-bond acceptors (Lipinski definition) is 7. The Hall–Kier alpha value is -2.32. The highest BCUT2D eigenvalue weighted by Crippen LogP contribution is 2.37. The molecule has 31 heavy (non-hydrogen) atoms. The van der Waals surface area contributed by atoms with Crippen molar-refractivity contribution < 1.29 is 23.9 Å². The minimum atomic E-state index is -0.436. The first-order valence-electron chi connectivity index (χ1n) is 10.1. The summed E-state index contributed by atoms with van der Waals surface area (Å²) in [5.74, 6) is 0.293. The van der Waals surface area contributed by atoms with Crippen molar-refractivity contribution in [2.75, 3.05) is 40.0 Å². The van der Waals surface area contributed by atoms with Gasteiger partial charge in [0.25, 0.3) is 5.91 Å². The zero-order valence-electron chi connectivity index (χ0n) is 19.4. The van der Waals surface area contributed by atoms with Gasteiger partial charge in [0.2, 0.25) is 0 Å². The molecule has 0 atom stereocenters. The Morgan fingerprint density at radius 2 is 1.94 bits per heavy atom. The number of nitrogens with zero attached hydrogens (tertiary/aromatic N) is 2. The molecule has 1 heterocycles. The highest BCUT2D eigenvalue weighted by Gasteiger charge is 2.27. The molecule has 1 fully saturated rings. The number of benzene rings is 1. The summed E-state index contributed by atoms with van der Waals surface area (Å²) in [6.45, 7) is 8.60. The molecule has 0 bridgehead atoms. The first kappa shape index (κ1) is 24.9. The summed E-state index contributed by atoms with van der Waals surface area (Å²) in [7, 11) is 5.21. The molecular weight excluding hydrogens is 416 g/mol. The maximum Gasteiger partial charge on any atom is 0.325 e. The first-order valence-corrected chi connectivity index (χ1v) is 11.1. The molecule has 1 aromatic carbocycles. The second-order valence-corrected chi connectivity index (χ2v) is 9.93. The molecule has 1 saturated heterocycles. The summed E-state index contributed by atoms with van der Waals surface area (Å²) in [6.07, 6.45) is 1.85. The van der Waals surface area contributed by atoms with Gasteiger partial charge in [-0.1, -0.05) is 20.8 Å². The Kier molecular flexibility index (Phi) is 8.31. The Balaban J connectivity index is 2.53. The van der Waals surface area contributed by atoms with Crippen molar-refractivity contribution in [2.24, 2.45) is 0 Å². The SMILES string of the molecule is COC(=O)CN1CCS/C(=C/c2cc(CN(C)C)c(OC(C)=O)c(C(C)(C)C)c2)C1=O. The topological polar surface area (TPSA) is 76.2 Å². The van der Waals surface area contributed by atoms with E-state index in [4.69, 9.17) is 9.47 Å². The van der Waals surface area contributed by atoms with E-state index in [1.54, 1.807) is 0 Å². The Morgan fingerprint density at radius 1 is 1.26 bits per heavy atom. The normalized spacial score (nSPS) is 16.1. The van der Waals surface area contributed by atoms with E-state index in [-0.39, 0.29) is 23.8 Å². The fourth-order valence-corrected chi connectivity index (χ4v) is 4.29. The van der Waals surface area contributed by atoms with Crippen molar-refractivity contribution >= 4 is 35.7 Å². The van der Waals surface area contributed by atoms with Crippen LogP contribution in [0, 0.1) is 0 Å². The van der Waals surface area contributed by atoms with E-state index in [0.29, 0.717) is 29.5 Å². The van der Waals surface area contributed by atoms with Gasteiger partial charge in [0, 0.05) is 36.9 Å². The third-order valence-corrected chi connectivity index (χ3v) is 5.68. The van der Waals surface area contributed by atoms with Crippen LogP contribution in [-0.2, 0) is 31.1 Å². The highest BCUT2D eigenvalue weighted by molar-refractivity contribution is 8.04. The quantitative estimate of drug-likeness (QED) is 0.376. The number of thioether (sulfide) groups is 1. The molecule has 1 aliphatic rings. The van der Waals surface area contributed by atoms with Crippen LogP contribution in [-0.4, -0.2) is 67.7 Å². The lowest BCUT2D eigenvalue weighted by Gasteiger charge is -2.28. The molecule has 0 spiro atoms. The number of ether oxygens (including phenoxy) is 2. The van der Waals surface area contributed by atoms with Crippen molar-refractivity contribution in [3.63, 3.8) is 0 Å². The standard InChI is InChI=1S/C23H32N2O5S/c1-15(26)30-21-17(13-24(5)6)10-16(11-18(21)23(2,3)4)12-19-22(28)25(8-9-31-19)14-20(27)29-7/h10-12H,8-9,13-14H2,1-7H3/b19-12+. The van der Waals surface area contributed by atoms with Gasteiger partial charge in [0.1, 0.15) is 12.3 Å². The van der Waals surface area contributed by atoms with Gasteiger partial charge in [0.05, 0.1) is 12.0 Å². The number of carbonyl (C=O) groups excluding carboxylic acids is 3. The largest absolute Gasteiger partial charge is 0.468 e. The van der Waals surface area contributed by atoms with E-state index in [2.05, 4.69) is 20.8 Å². The van der Waals surface area contributed by atoms with E-state index >= 15 is 0 Å². The zero-order valence-corrected chi connectivity index (χ0v) is 20.2. The van der Waals surface area contributed by atoms with Gasteiger partial charge < -0.3 is 19.3 Å². The average molecular weight is 449 g/mol. The molecule has 1 amide bonds. The summed E-state index contributed by atoms with van der Waals surface area (Å²) in [5, 5.41) is 0. The van der Waals surface area contributed by atoms with Gasteiger partial charge in [-0.2, -0.15) is 0 Å². The van der Waals surface area contributed by atoms with Crippen LogP contribution in [0.4, 0.5) is 0 Å². The monoisotopic (exact) mass is 448 g/mol. The molecule has 0 unspecified atom stereocenters. The van der Waals surface area contributed by atoms with Crippen molar-refractivity contribution in [1.29, 1.82) is 0 Å². The van der Waals surface area contributed by atoms with Crippen LogP contribution in [0.25, 0.3) is 6.08 Å². The number of hydrogen-bond donors (Lipinski definition) is 0. The molecule has 0 radical (unpaired) electrons. The summed E-state index contributed by atoms with van der Waals surface area (Å²) in [4.78, 5) is 40.4. The zero-order chi connectivity index (χ0) is 23.3. The fourth-order valence-electron chi connectivity index (χ4n) is 3.29. The molecule has 170 valence electrons. The van der Waals surface area contributed by atoms with Gasteiger partial charge in [-0.3, -0.25) is 14.4 Å². The van der Waals surface area contributed by atoms with Gasteiger partial charge in [-0.05, 0) is 43.3 Å². The van der Waals surface area contributed by atoms with E-state index in [1.165, 1.54) is 30.7 Å². The van der Waals surface area contributed by atoms with Gasteiger partial charge >= 0.3 is 11.9 Å². The predicted octanol–water partition coefficient (Wildman–Crippen LogP) is 3.06. The van der Waals surface area contributed by atoms with Crippen LogP contribution < -0.4 is 4.74 Å². The lowest BCUT2D eigenvalue weighted by atomic mass is 9.83. The van der Waals surface area contributed by atoms with Crippen molar-refractivity contribution in [2.45, 2.75) is 39.7 Å². The van der Waals surface area contributed by atoms with Gasteiger partial charge in [-0.15, -0.1) is 11.8 Å². The van der Waals surface area contributed by atoms with Crippen LogP contribution in [0.15, 0.2) is 17.0 Å². The minimum Gasteiger partial charge on any atom is -0.468 e. The molecule has 0 aliphatic carbocycles. The third kappa shape index (κ3) is 6.83. The van der Waals surface area contributed by atoms with Crippen LogP contribution in [0.5, 0.6) is 5.75 Å². The molecule has 0 saturated carbocycles. The maximum absolute atomic E-state index is 12.9. The van der Waals surface area contributed by atoms with Crippen LogP contribution >= 0.6 is 11.8 Å². The second-order valence-electron chi connectivity index (χ2n) is 8.80. The molecule has 0 aromatic heterocycles. The molecule has 7 nitrogen and oxygen atoms in total. The molecular formula is C23H32N2O5S.